The first-order chi connectivity index (χ1) is 12.1. The van der Waals surface area contributed by atoms with Crippen LogP contribution in [0.3, 0.4) is 0 Å². The fourth-order valence-corrected chi connectivity index (χ4v) is 2.39. The summed E-state index contributed by atoms with van der Waals surface area (Å²) in [6.07, 6.45) is 0. The fraction of sp³-hybridized carbons (Fsp3) is 0. The Morgan fingerprint density at radius 3 is 2.20 bits per heavy atom. The summed E-state index contributed by atoms with van der Waals surface area (Å²) < 4.78 is 0. The first kappa shape index (κ1) is 16.3. The Balaban J connectivity index is 1.81. The molecule has 5 nitrogen and oxygen atoms in total. The summed E-state index contributed by atoms with van der Waals surface area (Å²) in [6.45, 7) is 0. The van der Waals surface area contributed by atoms with E-state index in [9.17, 15) is 9.59 Å². The van der Waals surface area contributed by atoms with Crippen molar-refractivity contribution in [1.29, 1.82) is 0 Å². The molecule has 3 aromatic rings. The van der Waals surface area contributed by atoms with Crippen molar-refractivity contribution in [3.8, 4) is 0 Å². The van der Waals surface area contributed by atoms with Crippen LogP contribution in [0.5, 0.6) is 0 Å². The minimum atomic E-state index is -0.324. The summed E-state index contributed by atoms with van der Waals surface area (Å²) in [4.78, 5) is 24.9. The van der Waals surface area contributed by atoms with E-state index in [4.69, 9.17) is 5.73 Å². The molecule has 2 amide bonds. The lowest BCUT2D eigenvalue weighted by atomic mass is 10.1. The molecule has 0 fully saturated rings. The number of anilines is 3. The van der Waals surface area contributed by atoms with E-state index < -0.39 is 0 Å². The molecule has 3 aromatic carbocycles. The SMILES string of the molecule is Nc1cccc(NC(=O)c2ccccc2NC(=O)c2ccccc2)c1. The van der Waals surface area contributed by atoms with Crippen LogP contribution in [0.4, 0.5) is 17.1 Å². The number of nitrogen functional groups attached to an aromatic ring is 1. The number of nitrogens with two attached hydrogens (primary N) is 1. The predicted octanol–water partition coefficient (Wildman–Crippen LogP) is 3.77. The first-order valence-electron chi connectivity index (χ1n) is 7.76. The highest BCUT2D eigenvalue weighted by molar-refractivity contribution is 6.12. The molecule has 0 unspecified atom stereocenters. The zero-order chi connectivity index (χ0) is 17.6. The number of para-hydroxylation sites is 1. The minimum Gasteiger partial charge on any atom is -0.399 e. The van der Waals surface area contributed by atoms with Crippen molar-refractivity contribution in [1.82, 2.24) is 0 Å². The molecular formula is C20H17N3O2. The molecule has 0 aliphatic carbocycles. The zero-order valence-corrected chi connectivity index (χ0v) is 13.4. The van der Waals surface area contributed by atoms with E-state index in [1.807, 2.05) is 6.07 Å². The molecule has 0 aliphatic rings. The Morgan fingerprint density at radius 1 is 0.720 bits per heavy atom. The normalized spacial score (nSPS) is 10.1. The number of carbonyl (C=O) groups excluding carboxylic acids is 2. The average Bonchev–Trinajstić information content (AvgIpc) is 2.63. The third-order valence-electron chi connectivity index (χ3n) is 3.60. The van der Waals surface area contributed by atoms with E-state index in [2.05, 4.69) is 10.6 Å². The molecule has 124 valence electrons. The maximum Gasteiger partial charge on any atom is 0.257 e. The number of hydrogen-bond donors (Lipinski definition) is 3. The summed E-state index contributed by atoms with van der Waals surface area (Å²) in [7, 11) is 0. The summed E-state index contributed by atoms with van der Waals surface area (Å²) in [5, 5.41) is 5.56. The number of nitrogens with one attached hydrogen (secondary N) is 2. The first-order valence-corrected chi connectivity index (χ1v) is 7.76. The van der Waals surface area contributed by atoms with Gasteiger partial charge in [0.05, 0.1) is 11.3 Å². The monoisotopic (exact) mass is 331 g/mol. The van der Waals surface area contributed by atoms with Gasteiger partial charge in [0, 0.05) is 16.9 Å². The van der Waals surface area contributed by atoms with Gasteiger partial charge in [0.15, 0.2) is 0 Å². The Labute approximate surface area is 145 Å². The topological polar surface area (TPSA) is 84.2 Å². The third kappa shape index (κ3) is 4.03. The Kier molecular flexibility index (Phi) is 4.76. The van der Waals surface area contributed by atoms with Gasteiger partial charge in [-0.1, -0.05) is 36.4 Å². The lowest BCUT2D eigenvalue weighted by molar-refractivity contribution is 0.102. The van der Waals surface area contributed by atoms with E-state index in [1.165, 1.54) is 0 Å². The molecular weight excluding hydrogens is 314 g/mol. The van der Waals surface area contributed by atoms with Gasteiger partial charge in [-0.15, -0.1) is 0 Å². The van der Waals surface area contributed by atoms with Crippen molar-refractivity contribution in [2.45, 2.75) is 0 Å². The van der Waals surface area contributed by atoms with Crippen LogP contribution in [0, 0.1) is 0 Å². The Morgan fingerprint density at radius 2 is 1.44 bits per heavy atom. The summed E-state index contributed by atoms with van der Waals surface area (Å²) in [5.74, 6) is -0.598. The largest absolute Gasteiger partial charge is 0.399 e. The number of hydrogen-bond acceptors (Lipinski definition) is 3. The van der Waals surface area contributed by atoms with Crippen LogP contribution in [-0.2, 0) is 0 Å². The van der Waals surface area contributed by atoms with Crippen molar-refractivity contribution in [3.63, 3.8) is 0 Å². The van der Waals surface area contributed by atoms with E-state index >= 15 is 0 Å². The maximum absolute atomic E-state index is 12.6. The molecule has 5 heteroatoms. The highest BCUT2D eigenvalue weighted by Gasteiger charge is 2.14. The smallest absolute Gasteiger partial charge is 0.257 e. The van der Waals surface area contributed by atoms with Gasteiger partial charge in [0.1, 0.15) is 0 Å². The lowest BCUT2D eigenvalue weighted by Crippen LogP contribution is -2.18. The second-order valence-electron chi connectivity index (χ2n) is 5.45. The molecule has 3 rings (SSSR count). The van der Waals surface area contributed by atoms with E-state index in [1.54, 1.807) is 72.8 Å². The van der Waals surface area contributed by atoms with Gasteiger partial charge < -0.3 is 16.4 Å². The number of amides is 2. The van der Waals surface area contributed by atoms with Crippen molar-refractivity contribution < 1.29 is 9.59 Å². The van der Waals surface area contributed by atoms with Gasteiger partial charge >= 0.3 is 0 Å². The average molecular weight is 331 g/mol. The van der Waals surface area contributed by atoms with Gasteiger partial charge in [-0.3, -0.25) is 9.59 Å². The van der Waals surface area contributed by atoms with Crippen molar-refractivity contribution in [2.75, 3.05) is 16.4 Å². The van der Waals surface area contributed by atoms with Gasteiger partial charge in [-0.05, 0) is 42.5 Å². The number of rotatable bonds is 4. The summed E-state index contributed by atoms with van der Waals surface area (Å²) in [6, 6.07) is 22.6. The molecule has 4 N–H and O–H groups in total. The zero-order valence-electron chi connectivity index (χ0n) is 13.4. The van der Waals surface area contributed by atoms with Crippen molar-refractivity contribution in [2.24, 2.45) is 0 Å². The molecule has 0 bridgehead atoms. The highest BCUT2D eigenvalue weighted by Crippen LogP contribution is 2.19. The van der Waals surface area contributed by atoms with Gasteiger partial charge in [0.2, 0.25) is 0 Å². The Bertz CT molecular complexity index is 908. The molecule has 0 aliphatic heterocycles. The van der Waals surface area contributed by atoms with E-state index in [-0.39, 0.29) is 11.8 Å². The molecule has 0 radical (unpaired) electrons. The molecule has 0 heterocycles. The van der Waals surface area contributed by atoms with Crippen LogP contribution in [0.25, 0.3) is 0 Å². The number of carbonyl (C=O) groups is 2. The van der Waals surface area contributed by atoms with Gasteiger partial charge in [0.25, 0.3) is 11.8 Å². The number of benzene rings is 3. The molecule has 0 atom stereocenters. The summed E-state index contributed by atoms with van der Waals surface area (Å²) >= 11 is 0. The maximum atomic E-state index is 12.6. The van der Waals surface area contributed by atoms with Crippen LogP contribution in [0.15, 0.2) is 78.9 Å². The second kappa shape index (κ2) is 7.31. The van der Waals surface area contributed by atoms with Crippen LogP contribution in [0.2, 0.25) is 0 Å². The minimum absolute atomic E-state index is 0.273. The van der Waals surface area contributed by atoms with Crippen molar-refractivity contribution in [3.05, 3.63) is 90.0 Å². The van der Waals surface area contributed by atoms with Gasteiger partial charge in [-0.2, -0.15) is 0 Å². The molecule has 0 saturated carbocycles. The molecule has 0 saturated heterocycles. The molecule has 25 heavy (non-hydrogen) atoms. The van der Waals surface area contributed by atoms with Gasteiger partial charge in [-0.25, -0.2) is 0 Å². The quantitative estimate of drug-likeness (QED) is 0.636. The van der Waals surface area contributed by atoms with Crippen LogP contribution in [0.1, 0.15) is 20.7 Å². The third-order valence-corrected chi connectivity index (χ3v) is 3.60. The van der Waals surface area contributed by atoms with E-state index in [0.717, 1.165) is 0 Å². The fourth-order valence-electron chi connectivity index (χ4n) is 2.39. The Hall–Kier alpha value is -3.60. The predicted molar refractivity (Wildman–Crippen MR) is 99.6 cm³/mol. The second-order valence-corrected chi connectivity index (χ2v) is 5.45. The van der Waals surface area contributed by atoms with Crippen molar-refractivity contribution >= 4 is 28.9 Å². The standard InChI is InChI=1S/C20H17N3O2/c21-15-9-6-10-16(13-15)22-20(25)17-11-4-5-12-18(17)23-19(24)14-7-2-1-3-8-14/h1-13H,21H2,(H,22,25)(H,23,24). The van der Waals surface area contributed by atoms with Crippen LogP contribution >= 0.6 is 0 Å². The lowest BCUT2D eigenvalue weighted by Gasteiger charge is -2.12. The highest BCUT2D eigenvalue weighted by atomic mass is 16.2. The molecule has 0 aromatic heterocycles. The summed E-state index contributed by atoms with van der Waals surface area (Å²) in [5.41, 5.74) is 8.21. The van der Waals surface area contributed by atoms with Crippen LogP contribution < -0.4 is 16.4 Å². The van der Waals surface area contributed by atoms with E-state index in [0.29, 0.717) is 28.2 Å². The molecule has 0 spiro atoms. The van der Waals surface area contributed by atoms with Crippen LogP contribution in [-0.4, -0.2) is 11.8 Å².